The summed E-state index contributed by atoms with van der Waals surface area (Å²) in [5.41, 5.74) is 0. The van der Waals surface area contributed by atoms with E-state index >= 15 is 0 Å². The molecule has 1 aliphatic heterocycles. The molecule has 4 nitrogen and oxygen atoms in total. The largest absolute Gasteiger partial charge is 0.426 e. The van der Waals surface area contributed by atoms with Crippen molar-refractivity contribution in [2.24, 2.45) is 5.92 Å². The van der Waals surface area contributed by atoms with E-state index in [4.69, 9.17) is 4.74 Å². The Morgan fingerprint density at radius 2 is 2.07 bits per heavy atom. The number of carbonyl (C=O) groups excluding carboxylic acids is 1. The second-order valence-corrected chi connectivity index (χ2v) is 3.57. The fraction of sp³-hybridized carbons (Fsp3) is 0.364. The van der Waals surface area contributed by atoms with Gasteiger partial charge in [-0.3, -0.25) is 4.79 Å². The SMILES string of the molecule is O=C(Oc1ccccc1)C1CNCC1O. The van der Waals surface area contributed by atoms with Crippen LogP contribution in [0.15, 0.2) is 30.3 Å². The van der Waals surface area contributed by atoms with Crippen molar-refractivity contribution in [2.45, 2.75) is 6.10 Å². The summed E-state index contributed by atoms with van der Waals surface area (Å²) in [5.74, 6) is -0.314. The Labute approximate surface area is 87.9 Å². The summed E-state index contributed by atoms with van der Waals surface area (Å²) >= 11 is 0. The maximum atomic E-state index is 11.6. The molecule has 80 valence electrons. The number of hydrogen-bond donors (Lipinski definition) is 2. The Balaban J connectivity index is 1.98. The van der Waals surface area contributed by atoms with Gasteiger partial charge in [-0.15, -0.1) is 0 Å². The minimum atomic E-state index is -0.638. The Kier molecular flexibility index (Phi) is 2.99. The summed E-state index contributed by atoms with van der Waals surface area (Å²) in [7, 11) is 0. The first-order valence-electron chi connectivity index (χ1n) is 4.93. The van der Waals surface area contributed by atoms with Gasteiger partial charge in [0, 0.05) is 13.1 Å². The number of benzene rings is 1. The predicted molar refractivity (Wildman–Crippen MR) is 54.4 cm³/mol. The second kappa shape index (κ2) is 4.42. The molecule has 1 aromatic carbocycles. The molecule has 0 radical (unpaired) electrons. The van der Waals surface area contributed by atoms with E-state index in [0.29, 0.717) is 18.8 Å². The number of nitrogens with one attached hydrogen (secondary N) is 1. The lowest BCUT2D eigenvalue weighted by molar-refractivity contribution is -0.140. The quantitative estimate of drug-likeness (QED) is 0.536. The van der Waals surface area contributed by atoms with Gasteiger partial charge in [0.1, 0.15) is 5.75 Å². The number of aliphatic hydroxyl groups is 1. The van der Waals surface area contributed by atoms with Crippen LogP contribution in [0.1, 0.15) is 0 Å². The molecular formula is C11H13NO3. The van der Waals surface area contributed by atoms with E-state index in [9.17, 15) is 9.90 Å². The Bertz CT molecular complexity index is 339. The molecule has 1 aromatic rings. The first-order valence-corrected chi connectivity index (χ1v) is 4.93. The zero-order valence-electron chi connectivity index (χ0n) is 8.22. The molecule has 4 heteroatoms. The lowest BCUT2D eigenvalue weighted by Gasteiger charge is -2.11. The minimum absolute atomic E-state index is 0.376. The summed E-state index contributed by atoms with van der Waals surface area (Å²) in [5, 5.41) is 12.4. The highest BCUT2D eigenvalue weighted by Gasteiger charge is 2.32. The third-order valence-corrected chi connectivity index (χ3v) is 2.45. The van der Waals surface area contributed by atoms with Crippen LogP contribution in [0.2, 0.25) is 0 Å². The van der Waals surface area contributed by atoms with Gasteiger partial charge in [0.25, 0.3) is 0 Å². The highest BCUT2D eigenvalue weighted by molar-refractivity contribution is 5.76. The van der Waals surface area contributed by atoms with Gasteiger partial charge in [0.15, 0.2) is 0 Å². The molecule has 1 fully saturated rings. The van der Waals surface area contributed by atoms with Crippen molar-refractivity contribution in [3.8, 4) is 5.75 Å². The fourth-order valence-corrected chi connectivity index (χ4v) is 1.59. The molecule has 2 rings (SSSR count). The van der Waals surface area contributed by atoms with Crippen molar-refractivity contribution in [3.63, 3.8) is 0 Å². The molecule has 0 aromatic heterocycles. The standard InChI is InChI=1S/C11H13NO3/c13-10-7-12-6-9(10)11(14)15-8-4-2-1-3-5-8/h1-5,9-10,12-13H,6-7H2. The van der Waals surface area contributed by atoms with E-state index in [2.05, 4.69) is 5.32 Å². The fourth-order valence-electron chi connectivity index (χ4n) is 1.59. The van der Waals surface area contributed by atoms with E-state index in [0.717, 1.165) is 0 Å². The van der Waals surface area contributed by atoms with Gasteiger partial charge in [-0.25, -0.2) is 0 Å². The second-order valence-electron chi connectivity index (χ2n) is 3.57. The zero-order valence-corrected chi connectivity index (χ0v) is 8.22. The van der Waals surface area contributed by atoms with Crippen molar-refractivity contribution >= 4 is 5.97 Å². The molecule has 0 saturated carbocycles. The molecule has 2 unspecified atom stereocenters. The summed E-state index contributed by atoms with van der Waals surface area (Å²) in [6.07, 6.45) is -0.638. The maximum Gasteiger partial charge on any atom is 0.318 e. The van der Waals surface area contributed by atoms with Crippen LogP contribution >= 0.6 is 0 Å². The topological polar surface area (TPSA) is 58.6 Å². The van der Waals surface area contributed by atoms with Crippen molar-refractivity contribution < 1.29 is 14.6 Å². The average Bonchev–Trinajstić information content (AvgIpc) is 2.66. The van der Waals surface area contributed by atoms with Crippen LogP contribution in [0, 0.1) is 5.92 Å². The van der Waals surface area contributed by atoms with E-state index in [-0.39, 0.29) is 5.97 Å². The first-order chi connectivity index (χ1) is 7.27. The highest BCUT2D eigenvalue weighted by atomic mass is 16.5. The van der Waals surface area contributed by atoms with Gasteiger partial charge < -0.3 is 15.2 Å². The summed E-state index contributed by atoms with van der Waals surface area (Å²) < 4.78 is 5.13. The number of rotatable bonds is 2. The lowest BCUT2D eigenvalue weighted by atomic mass is 10.1. The van der Waals surface area contributed by atoms with Gasteiger partial charge in [-0.2, -0.15) is 0 Å². The minimum Gasteiger partial charge on any atom is -0.426 e. The number of ether oxygens (including phenoxy) is 1. The number of esters is 1. The molecule has 15 heavy (non-hydrogen) atoms. The van der Waals surface area contributed by atoms with Gasteiger partial charge in [0.2, 0.25) is 0 Å². The molecule has 0 aliphatic carbocycles. The van der Waals surface area contributed by atoms with Crippen molar-refractivity contribution in [2.75, 3.05) is 13.1 Å². The summed E-state index contributed by atoms with van der Waals surface area (Å²) in [6, 6.07) is 8.88. The average molecular weight is 207 g/mol. The van der Waals surface area contributed by atoms with Crippen LogP contribution < -0.4 is 10.1 Å². The smallest absolute Gasteiger partial charge is 0.318 e. The van der Waals surface area contributed by atoms with Gasteiger partial charge in [-0.05, 0) is 12.1 Å². The monoisotopic (exact) mass is 207 g/mol. The molecule has 0 spiro atoms. The summed E-state index contributed by atoms with van der Waals surface area (Å²) in [6.45, 7) is 0.932. The van der Waals surface area contributed by atoms with Crippen molar-refractivity contribution in [1.29, 1.82) is 0 Å². The number of para-hydroxylation sites is 1. The molecule has 1 heterocycles. The van der Waals surface area contributed by atoms with E-state index in [1.54, 1.807) is 24.3 Å². The van der Waals surface area contributed by atoms with Crippen molar-refractivity contribution in [1.82, 2.24) is 5.32 Å². The number of aliphatic hydroxyl groups excluding tert-OH is 1. The molecule has 1 aliphatic rings. The number of hydrogen-bond acceptors (Lipinski definition) is 4. The third-order valence-electron chi connectivity index (χ3n) is 2.45. The Morgan fingerprint density at radius 3 is 2.67 bits per heavy atom. The van der Waals surface area contributed by atoms with E-state index in [1.165, 1.54) is 0 Å². The van der Waals surface area contributed by atoms with Crippen LogP contribution in [0.25, 0.3) is 0 Å². The zero-order chi connectivity index (χ0) is 10.7. The van der Waals surface area contributed by atoms with Crippen LogP contribution in [-0.4, -0.2) is 30.3 Å². The third kappa shape index (κ3) is 2.34. The Morgan fingerprint density at radius 1 is 1.33 bits per heavy atom. The van der Waals surface area contributed by atoms with E-state index < -0.39 is 12.0 Å². The van der Waals surface area contributed by atoms with Crippen molar-refractivity contribution in [3.05, 3.63) is 30.3 Å². The lowest BCUT2D eigenvalue weighted by Crippen LogP contribution is -2.30. The molecule has 0 amide bonds. The first kappa shape index (κ1) is 10.1. The molecular weight excluding hydrogens is 194 g/mol. The number of carbonyl (C=O) groups is 1. The normalized spacial score (nSPS) is 25.1. The van der Waals surface area contributed by atoms with Gasteiger partial charge >= 0.3 is 5.97 Å². The summed E-state index contributed by atoms with van der Waals surface area (Å²) in [4.78, 5) is 11.6. The molecule has 1 saturated heterocycles. The van der Waals surface area contributed by atoms with Gasteiger partial charge in [-0.1, -0.05) is 18.2 Å². The molecule has 0 bridgehead atoms. The predicted octanol–water partition coefficient (Wildman–Crippen LogP) is 0.172. The van der Waals surface area contributed by atoms with Crippen LogP contribution in [0.4, 0.5) is 0 Å². The highest BCUT2D eigenvalue weighted by Crippen LogP contribution is 2.15. The Hall–Kier alpha value is -1.39. The van der Waals surface area contributed by atoms with Gasteiger partial charge in [0.05, 0.1) is 12.0 Å². The van der Waals surface area contributed by atoms with Crippen LogP contribution in [-0.2, 0) is 4.79 Å². The molecule has 2 N–H and O–H groups in total. The number of β-amino-alcohol motifs (C(OH)–C–C–N with tert-alkyl or cyclic N) is 1. The van der Waals surface area contributed by atoms with Crippen LogP contribution in [0.5, 0.6) is 5.75 Å². The van der Waals surface area contributed by atoms with E-state index in [1.807, 2.05) is 6.07 Å². The van der Waals surface area contributed by atoms with Crippen LogP contribution in [0.3, 0.4) is 0 Å². The maximum absolute atomic E-state index is 11.6. The molecule has 2 atom stereocenters.